The molecular weight excluding hydrogens is 372 g/mol. The first kappa shape index (κ1) is 20.7. The molecule has 156 valence electrons. The monoisotopic (exact) mass is 400 g/mol. The number of ether oxygens (including phenoxy) is 1. The molecule has 29 heavy (non-hydrogen) atoms. The number of aryl methyl sites for hydroxylation is 1. The Bertz CT molecular complexity index is 916. The maximum absolute atomic E-state index is 13.0. The number of hydrogen-bond acceptors (Lipinski definition) is 4. The van der Waals surface area contributed by atoms with Gasteiger partial charge in [-0.25, -0.2) is 4.79 Å². The van der Waals surface area contributed by atoms with Crippen LogP contribution in [0.2, 0.25) is 0 Å². The van der Waals surface area contributed by atoms with Crippen LogP contribution in [0.5, 0.6) is 5.75 Å². The van der Waals surface area contributed by atoms with Crippen LogP contribution in [0.25, 0.3) is 11.1 Å². The van der Waals surface area contributed by atoms with Gasteiger partial charge in [-0.1, -0.05) is 20.8 Å². The number of hydrogen-bond donors (Lipinski definition) is 2. The third-order valence-corrected chi connectivity index (χ3v) is 5.51. The highest BCUT2D eigenvalue weighted by Gasteiger charge is 2.43. The Labute approximate surface area is 170 Å². The summed E-state index contributed by atoms with van der Waals surface area (Å²) in [6.45, 7) is 6.60. The zero-order valence-electron chi connectivity index (χ0n) is 17.5. The second kappa shape index (κ2) is 7.77. The van der Waals surface area contributed by atoms with Crippen molar-refractivity contribution < 1.29 is 19.4 Å². The number of methoxy groups -OCH3 is 1. The van der Waals surface area contributed by atoms with Crippen molar-refractivity contribution in [3.8, 4) is 16.9 Å². The maximum atomic E-state index is 13.0. The molecule has 2 heterocycles. The van der Waals surface area contributed by atoms with Crippen LogP contribution >= 0.6 is 0 Å². The summed E-state index contributed by atoms with van der Waals surface area (Å²) < 4.78 is 7.18. The Balaban J connectivity index is 1.86. The highest BCUT2D eigenvalue weighted by atomic mass is 16.5. The first-order valence-electron chi connectivity index (χ1n) is 9.59. The van der Waals surface area contributed by atoms with E-state index >= 15 is 0 Å². The van der Waals surface area contributed by atoms with Crippen LogP contribution in [0.15, 0.2) is 30.6 Å². The van der Waals surface area contributed by atoms with Gasteiger partial charge in [-0.3, -0.25) is 14.4 Å². The number of carbonyl (C=O) groups excluding carboxylic acids is 1. The Morgan fingerprint density at radius 1 is 1.31 bits per heavy atom. The highest BCUT2D eigenvalue weighted by Crippen LogP contribution is 2.38. The molecule has 1 saturated heterocycles. The number of rotatable bonds is 4. The van der Waals surface area contributed by atoms with Gasteiger partial charge in [0.25, 0.3) is 5.91 Å². The molecule has 2 N–H and O–H groups in total. The van der Waals surface area contributed by atoms with Gasteiger partial charge in [-0.05, 0) is 30.0 Å². The van der Waals surface area contributed by atoms with Gasteiger partial charge in [0, 0.05) is 42.4 Å². The minimum absolute atomic E-state index is 0.0270. The summed E-state index contributed by atoms with van der Waals surface area (Å²) >= 11 is 0. The summed E-state index contributed by atoms with van der Waals surface area (Å²) in [5.41, 5.74) is 2.00. The fourth-order valence-corrected chi connectivity index (χ4v) is 3.94. The van der Waals surface area contributed by atoms with Crippen LogP contribution in [-0.2, 0) is 7.05 Å². The number of nitrogens with zero attached hydrogens (tertiary/aromatic N) is 3. The quantitative estimate of drug-likeness (QED) is 0.822. The third kappa shape index (κ3) is 4.21. The number of aromatic nitrogens is 2. The summed E-state index contributed by atoms with van der Waals surface area (Å²) in [5.74, 6) is 0.257. The van der Waals surface area contributed by atoms with E-state index in [1.54, 1.807) is 30.1 Å². The molecule has 2 atom stereocenters. The molecule has 1 aromatic heterocycles. The topological polar surface area (TPSA) is 96.7 Å². The third-order valence-electron chi connectivity index (χ3n) is 5.51. The molecule has 0 saturated carbocycles. The van der Waals surface area contributed by atoms with Crippen LogP contribution in [0, 0.1) is 11.3 Å². The average Bonchev–Trinajstić information content (AvgIpc) is 3.27. The van der Waals surface area contributed by atoms with Crippen LogP contribution in [0.1, 0.15) is 37.6 Å². The summed E-state index contributed by atoms with van der Waals surface area (Å²) in [7, 11) is 3.38. The van der Waals surface area contributed by atoms with Crippen molar-refractivity contribution in [3.05, 3.63) is 36.2 Å². The summed E-state index contributed by atoms with van der Waals surface area (Å²) in [5, 5.41) is 16.6. The molecule has 2 aromatic rings. The van der Waals surface area contributed by atoms with Crippen molar-refractivity contribution in [2.75, 3.05) is 13.7 Å². The zero-order valence-corrected chi connectivity index (χ0v) is 17.5. The van der Waals surface area contributed by atoms with Gasteiger partial charge < -0.3 is 15.2 Å². The first-order chi connectivity index (χ1) is 13.6. The van der Waals surface area contributed by atoms with E-state index in [0.29, 0.717) is 24.3 Å². The van der Waals surface area contributed by atoms with Gasteiger partial charge in [0.05, 0.1) is 13.3 Å². The molecule has 2 amide bonds. The molecule has 3 rings (SSSR count). The van der Waals surface area contributed by atoms with Crippen LogP contribution in [0.3, 0.4) is 0 Å². The van der Waals surface area contributed by atoms with E-state index in [2.05, 4.69) is 31.2 Å². The second-order valence-corrected chi connectivity index (χ2v) is 8.47. The molecule has 0 radical (unpaired) electrons. The fraction of sp³-hybridized carbons (Fsp3) is 0.476. The van der Waals surface area contributed by atoms with Crippen LogP contribution in [0.4, 0.5) is 4.79 Å². The Morgan fingerprint density at radius 2 is 2.03 bits per heavy atom. The SMILES string of the molecule is COc1cc(C(=O)N[C@H]2C(C(C)(C)C)CCN2C(=O)O)ccc1-c1cnn(C)c1. The Morgan fingerprint density at radius 3 is 2.59 bits per heavy atom. The second-order valence-electron chi connectivity index (χ2n) is 8.47. The van der Waals surface area contributed by atoms with Crippen LogP contribution in [-0.4, -0.2) is 51.6 Å². The molecule has 1 aromatic carbocycles. The number of likely N-dealkylation sites (tertiary alicyclic amines) is 1. The number of benzene rings is 1. The molecule has 1 aliphatic heterocycles. The van der Waals surface area contributed by atoms with E-state index in [9.17, 15) is 14.7 Å². The molecule has 0 spiro atoms. The van der Waals surface area contributed by atoms with E-state index in [4.69, 9.17) is 4.74 Å². The smallest absolute Gasteiger partial charge is 0.408 e. The van der Waals surface area contributed by atoms with Gasteiger partial charge in [0.1, 0.15) is 11.9 Å². The Kier molecular flexibility index (Phi) is 5.55. The van der Waals surface area contributed by atoms with E-state index < -0.39 is 12.3 Å². The summed E-state index contributed by atoms with van der Waals surface area (Å²) in [6, 6.07) is 5.20. The maximum Gasteiger partial charge on any atom is 0.408 e. The standard InChI is InChI=1S/C21H28N4O4/c1-21(2,3)16-8-9-25(20(27)28)18(16)23-19(26)13-6-7-15(17(10-13)29-5)14-11-22-24(4)12-14/h6-7,10-12,16,18H,8-9H2,1-5H3,(H,23,26)(H,27,28)/t16?,18-/m1/s1. The first-order valence-corrected chi connectivity index (χ1v) is 9.59. The van der Waals surface area contributed by atoms with Gasteiger partial charge in [-0.2, -0.15) is 5.10 Å². The molecular formula is C21H28N4O4. The van der Waals surface area contributed by atoms with E-state index in [0.717, 1.165) is 11.1 Å². The lowest BCUT2D eigenvalue weighted by Gasteiger charge is -2.34. The zero-order chi connectivity index (χ0) is 21.3. The predicted octanol–water partition coefficient (Wildman–Crippen LogP) is 3.20. The van der Waals surface area contributed by atoms with Crippen molar-refractivity contribution >= 4 is 12.0 Å². The fourth-order valence-electron chi connectivity index (χ4n) is 3.94. The molecule has 0 bridgehead atoms. The normalized spacial score (nSPS) is 19.3. The lowest BCUT2D eigenvalue weighted by molar-refractivity contribution is 0.0765. The predicted molar refractivity (Wildman–Crippen MR) is 109 cm³/mol. The largest absolute Gasteiger partial charge is 0.496 e. The minimum Gasteiger partial charge on any atom is -0.496 e. The molecule has 1 aliphatic rings. The lowest BCUT2D eigenvalue weighted by atomic mass is 9.78. The molecule has 0 aliphatic carbocycles. The van der Waals surface area contributed by atoms with Crippen LogP contribution < -0.4 is 10.1 Å². The number of carboxylic acid groups (broad SMARTS) is 1. The summed E-state index contributed by atoms with van der Waals surface area (Å²) in [4.78, 5) is 25.9. The van der Waals surface area contributed by atoms with E-state index in [1.165, 1.54) is 4.90 Å². The number of nitrogens with one attached hydrogen (secondary N) is 1. The minimum atomic E-state index is -1.02. The van der Waals surface area contributed by atoms with Gasteiger partial charge in [-0.15, -0.1) is 0 Å². The highest BCUT2D eigenvalue weighted by molar-refractivity contribution is 5.96. The van der Waals surface area contributed by atoms with Crippen molar-refractivity contribution in [1.29, 1.82) is 0 Å². The van der Waals surface area contributed by atoms with E-state index in [-0.39, 0.29) is 17.2 Å². The molecule has 1 fully saturated rings. The number of amides is 2. The average molecular weight is 400 g/mol. The van der Waals surface area contributed by atoms with Gasteiger partial charge >= 0.3 is 6.09 Å². The molecule has 8 heteroatoms. The van der Waals surface area contributed by atoms with Crippen molar-refractivity contribution in [2.45, 2.75) is 33.4 Å². The lowest BCUT2D eigenvalue weighted by Crippen LogP contribution is -2.51. The van der Waals surface area contributed by atoms with E-state index in [1.807, 2.05) is 19.3 Å². The Hall–Kier alpha value is -3.03. The van der Waals surface area contributed by atoms with Crippen molar-refractivity contribution in [3.63, 3.8) is 0 Å². The summed E-state index contributed by atoms with van der Waals surface area (Å²) in [6.07, 6.45) is 2.73. The number of carbonyl (C=O) groups is 2. The molecule has 1 unspecified atom stereocenters. The molecule has 8 nitrogen and oxygen atoms in total. The van der Waals surface area contributed by atoms with Crippen molar-refractivity contribution in [2.24, 2.45) is 18.4 Å². The van der Waals surface area contributed by atoms with Crippen molar-refractivity contribution in [1.82, 2.24) is 20.0 Å². The van der Waals surface area contributed by atoms with Gasteiger partial charge in [0.2, 0.25) is 0 Å². The van der Waals surface area contributed by atoms with Gasteiger partial charge in [0.15, 0.2) is 0 Å².